The fourth-order valence-corrected chi connectivity index (χ4v) is 3.44. The molecular weight excluding hydrogens is 288 g/mol. The van der Waals surface area contributed by atoms with Crippen molar-refractivity contribution in [2.45, 2.75) is 39.7 Å². The van der Waals surface area contributed by atoms with Crippen molar-refractivity contribution in [3.05, 3.63) is 45.3 Å². The Morgan fingerprint density at radius 3 is 2.61 bits per heavy atom. The monoisotopic (exact) mass is 314 g/mol. The minimum atomic E-state index is -0.254. The van der Waals surface area contributed by atoms with Gasteiger partial charge in [0.1, 0.15) is 5.58 Å². The molecule has 0 fully saturated rings. The molecule has 1 aliphatic carbocycles. The van der Waals surface area contributed by atoms with E-state index in [1.807, 2.05) is 0 Å². The predicted molar refractivity (Wildman–Crippen MR) is 94.0 cm³/mol. The largest absolute Gasteiger partial charge is 0.423 e. The van der Waals surface area contributed by atoms with Gasteiger partial charge in [-0.1, -0.05) is 13.8 Å². The number of fused-ring (bicyclic) bond motifs is 2. The van der Waals surface area contributed by atoms with Crippen molar-refractivity contribution in [3.8, 4) is 0 Å². The Balaban J connectivity index is 1.76. The van der Waals surface area contributed by atoms with Crippen LogP contribution in [0.1, 0.15) is 37.0 Å². The van der Waals surface area contributed by atoms with Crippen molar-refractivity contribution in [3.63, 3.8) is 0 Å². The lowest BCUT2D eigenvalue weighted by Gasteiger charge is -2.18. The van der Waals surface area contributed by atoms with Crippen LogP contribution in [0, 0.1) is 0 Å². The summed E-state index contributed by atoms with van der Waals surface area (Å²) in [6, 6.07) is 5.93. The molecule has 0 amide bonds. The van der Waals surface area contributed by atoms with Crippen LogP contribution in [0.15, 0.2) is 27.4 Å². The highest BCUT2D eigenvalue weighted by molar-refractivity contribution is 5.82. The lowest BCUT2D eigenvalue weighted by molar-refractivity contribution is 0.302. The number of hydrogen-bond acceptors (Lipinski definition) is 4. The first-order chi connectivity index (χ1) is 11.2. The summed E-state index contributed by atoms with van der Waals surface area (Å²) in [5, 5.41) is 4.55. The second-order valence-corrected chi connectivity index (χ2v) is 6.26. The van der Waals surface area contributed by atoms with E-state index in [1.165, 1.54) is 17.5 Å². The first-order valence-corrected chi connectivity index (χ1v) is 8.73. The summed E-state index contributed by atoms with van der Waals surface area (Å²) in [5.74, 6) is 0. The van der Waals surface area contributed by atoms with Crippen molar-refractivity contribution in [1.82, 2.24) is 10.2 Å². The Hall–Kier alpha value is -1.65. The van der Waals surface area contributed by atoms with Crippen LogP contribution in [0.4, 0.5) is 0 Å². The summed E-state index contributed by atoms with van der Waals surface area (Å²) in [5.41, 5.74) is 4.28. The number of nitrogens with one attached hydrogen (secondary N) is 1. The third kappa shape index (κ3) is 3.65. The molecule has 23 heavy (non-hydrogen) atoms. The van der Waals surface area contributed by atoms with Gasteiger partial charge in [0.15, 0.2) is 0 Å². The molecule has 0 unspecified atom stereocenters. The third-order valence-electron chi connectivity index (χ3n) is 4.86. The van der Waals surface area contributed by atoms with Crippen molar-refractivity contribution >= 4 is 11.0 Å². The summed E-state index contributed by atoms with van der Waals surface area (Å²) in [7, 11) is 0. The van der Waals surface area contributed by atoms with Gasteiger partial charge in [0, 0.05) is 31.1 Å². The van der Waals surface area contributed by atoms with Gasteiger partial charge in [-0.25, -0.2) is 4.79 Å². The van der Waals surface area contributed by atoms with Gasteiger partial charge >= 0.3 is 5.63 Å². The Bertz CT molecular complexity index is 732. The normalized spacial score (nSPS) is 13.9. The van der Waals surface area contributed by atoms with E-state index in [4.69, 9.17) is 4.42 Å². The molecule has 124 valence electrons. The molecule has 3 rings (SSSR count). The maximum Gasteiger partial charge on any atom is 0.336 e. The molecule has 0 aliphatic heterocycles. The van der Waals surface area contributed by atoms with Crippen molar-refractivity contribution in [2.24, 2.45) is 0 Å². The average Bonchev–Trinajstić information content (AvgIpc) is 3.00. The zero-order valence-corrected chi connectivity index (χ0v) is 14.2. The molecule has 4 heteroatoms. The number of hydrogen-bond donors (Lipinski definition) is 1. The fourth-order valence-electron chi connectivity index (χ4n) is 3.44. The molecule has 1 heterocycles. The number of aryl methyl sites for hydroxylation is 2. The quantitative estimate of drug-likeness (QED) is 0.630. The van der Waals surface area contributed by atoms with Crippen LogP contribution in [0.3, 0.4) is 0 Å². The molecule has 1 aromatic carbocycles. The Kier molecular flexibility index (Phi) is 5.13. The highest BCUT2D eigenvalue weighted by Crippen LogP contribution is 2.28. The van der Waals surface area contributed by atoms with Gasteiger partial charge < -0.3 is 14.6 Å². The van der Waals surface area contributed by atoms with Crippen LogP contribution in [-0.2, 0) is 19.4 Å². The number of nitrogens with zero attached hydrogens (tertiary/aromatic N) is 1. The lowest BCUT2D eigenvalue weighted by Crippen LogP contribution is -2.31. The SMILES string of the molecule is CCN(CC)CCNCc1cc(=O)oc2cc3c(cc12)CCC3. The average molecular weight is 314 g/mol. The zero-order chi connectivity index (χ0) is 16.2. The maximum absolute atomic E-state index is 11.8. The Morgan fingerprint density at radius 2 is 1.87 bits per heavy atom. The van der Waals surface area contributed by atoms with Crippen molar-refractivity contribution in [1.29, 1.82) is 0 Å². The minimum absolute atomic E-state index is 0.254. The van der Waals surface area contributed by atoms with Crippen LogP contribution in [0.25, 0.3) is 11.0 Å². The first kappa shape index (κ1) is 16.2. The molecule has 2 aromatic rings. The Morgan fingerprint density at radius 1 is 1.13 bits per heavy atom. The van der Waals surface area contributed by atoms with Gasteiger partial charge in [0.05, 0.1) is 0 Å². The van der Waals surface area contributed by atoms with Gasteiger partial charge in [0.25, 0.3) is 0 Å². The zero-order valence-electron chi connectivity index (χ0n) is 14.2. The van der Waals surface area contributed by atoms with Crippen LogP contribution < -0.4 is 10.9 Å². The molecule has 1 N–H and O–H groups in total. The van der Waals surface area contributed by atoms with E-state index >= 15 is 0 Å². The standard InChI is InChI=1S/C19H26N2O2/c1-3-21(4-2)9-8-20-13-16-12-19(22)23-18-11-15-7-5-6-14(15)10-17(16)18/h10-12,20H,3-9,13H2,1-2H3. The highest BCUT2D eigenvalue weighted by Gasteiger charge is 2.15. The molecule has 1 aromatic heterocycles. The van der Waals surface area contributed by atoms with E-state index in [1.54, 1.807) is 6.07 Å². The third-order valence-corrected chi connectivity index (χ3v) is 4.86. The van der Waals surface area contributed by atoms with Crippen LogP contribution in [-0.4, -0.2) is 31.1 Å². The van der Waals surface area contributed by atoms with E-state index in [9.17, 15) is 4.79 Å². The summed E-state index contributed by atoms with van der Waals surface area (Å²) in [6.07, 6.45) is 3.44. The van der Waals surface area contributed by atoms with Crippen LogP contribution in [0.5, 0.6) is 0 Å². The molecule has 0 spiro atoms. The number of likely N-dealkylation sites (N-methyl/N-ethyl adjacent to an activating group) is 1. The molecular formula is C19H26N2O2. The second kappa shape index (κ2) is 7.28. The highest BCUT2D eigenvalue weighted by atomic mass is 16.4. The van der Waals surface area contributed by atoms with Gasteiger partial charge in [-0.05, 0) is 61.2 Å². The van der Waals surface area contributed by atoms with E-state index < -0.39 is 0 Å². The number of benzene rings is 1. The molecule has 4 nitrogen and oxygen atoms in total. The van der Waals surface area contributed by atoms with Crippen LogP contribution >= 0.6 is 0 Å². The summed E-state index contributed by atoms with van der Waals surface area (Å²) < 4.78 is 5.42. The van der Waals surface area contributed by atoms with Gasteiger partial charge in [-0.2, -0.15) is 0 Å². The molecule has 0 radical (unpaired) electrons. The number of rotatable bonds is 7. The van der Waals surface area contributed by atoms with E-state index in [-0.39, 0.29) is 5.63 Å². The van der Waals surface area contributed by atoms with Gasteiger partial charge in [-0.3, -0.25) is 0 Å². The first-order valence-electron chi connectivity index (χ1n) is 8.73. The Labute approximate surface area is 137 Å². The summed E-state index contributed by atoms with van der Waals surface area (Å²) in [4.78, 5) is 14.2. The van der Waals surface area contributed by atoms with E-state index in [2.05, 4.69) is 36.2 Å². The fraction of sp³-hybridized carbons (Fsp3) is 0.526. The van der Waals surface area contributed by atoms with E-state index in [0.717, 1.165) is 55.6 Å². The lowest BCUT2D eigenvalue weighted by atomic mass is 10.0. The molecule has 0 saturated carbocycles. The molecule has 0 bridgehead atoms. The predicted octanol–water partition coefficient (Wildman–Crippen LogP) is 2.71. The second-order valence-electron chi connectivity index (χ2n) is 6.26. The smallest absolute Gasteiger partial charge is 0.336 e. The molecule has 0 atom stereocenters. The van der Waals surface area contributed by atoms with Crippen LogP contribution in [0.2, 0.25) is 0 Å². The molecule has 1 aliphatic rings. The van der Waals surface area contributed by atoms with Gasteiger partial charge in [0.2, 0.25) is 0 Å². The topological polar surface area (TPSA) is 45.5 Å². The summed E-state index contributed by atoms with van der Waals surface area (Å²) >= 11 is 0. The van der Waals surface area contributed by atoms with Crippen molar-refractivity contribution in [2.75, 3.05) is 26.2 Å². The van der Waals surface area contributed by atoms with Crippen molar-refractivity contribution < 1.29 is 4.42 Å². The summed E-state index contributed by atoms with van der Waals surface area (Å²) in [6.45, 7) is 9.17. The minimum Gasteiger partial charge on any atom is -0.423 e. The van der Waals surface area contributed by atoms with Gasteiger partial charge in [-0.15, -0.1) is 0 Å². The maximum atomic E-state index is 11.8. The van der Waals surface area contributed by atoms with E-state index in [0.29, 0.717) is 6.54 Å². The molecule has 0 saturated heterocycles.